The number of hydrogen-bond acceptors (Lipinski definition) is 4. The molecule has 0 aliphatic heterocycles. The SMILES string of the molecule is C=C/C=C/[C@H](OCc1ccccc1)[C@H](OCc1ccccc1)[C@H](C=O)OCc1ccccc1. The molecule has 0 radical (unpaired) electrons. The van der Waals surface area contributed by atoms with E-state index >= 15 is 0 Å². The quantitative estimate of drug-likeness (QED) is 0.238. The van der Waals surface area contributed by atoms with Crippen molar-refractivity contribution < 1.29 is 19.0 Å². The number of rotatable bonds is 14. The van der Waals surface area contributed by atoms with Gasteiger partial charge in [-0.05, 0) is 16.7 Å². The number of ether oxygens (including phenoxy) is 3. The molecular formula is C29H30O4. The summed E-state index contributed by atoms with van der Waals surface area (Å²) in [6, 6.07) is 29.5. The molecule has 4 heteroatoms. The van der Waals surface area contributed by atoms with Crippen LogP contribution in [0.3, 0.4) is 0 Å². The molecule has 0 amide bonds. The zero-order chi connectivity index (χ0) is 23.1. The highest BCUT2D eigenvalue weighted by Crippen LogP contribution is 2.19. The molecule has 0 aliphatic carbocycles. The average Bonchev–Trinajstić information content (AvgIpc) is 2.88. The summed E-state index contributed by atoms with van der Waals surface area (Å²) in [5, 5.41) is 0. The smallest absolute Gasteiger partial charge is 0.151 e. The minimum absolute atomic E-state index is 0.298. The summed E-state index contributed by atoms with van der Waals surface area (Å²) in [4.78, 5) is 12.1. The van der Waals surface area contributed by atoms with Crippen LogP contribution in [0.2, 0.25) is 0 Å². The van der Waals surface area contributed by atoms with Crippen molar-refractivity contribution in [3.05, 3.63) is 132 Å². The predicted octanol–water partition coefficient (Wildman–Crippen LogP) is 5.68. The van der Waals surface area contributed by atoms with Crippen LogP contribution in [0.15, 0.2) is 116 Å². The van der Waals surface area contributed by atoms with Crippen LogP contribution >= 0.6 is 0 Å². The summed E-state index contributed by atoms with van der Waals surface area (Å²) < 4.78 is 18.5. The Hall–Kier alpha value is -3.31. The number of carbonyl (C=O) groups is 1. The Kier molecular flexibility index (Phi) is 10.3. The van der Waals surface area contributed by atoms with Crippen LogP contribution in [0.25, 0.3) is 0 Å². The number of benzene rings is 3. The van der Waals surface area contributed by atoms with Crippen LogP contribution in [0, 0.1) is 0 Å². The Morgan fingerprint density at radius 2 is 1.06 bits per heavy atom. The van der Waals surface area contributed by atoms with E-state index in [2.05, 4.69) is 6.58 Å². The van der Waals surface area contributed by atoms with E-state index in [1.165, 1.54) is 0 Å². The first-order valence-electron chi connectivity index (χ1n) is 11.0. The molecule has 3 aromatic rings. The van der Waals surface area contributed by atoms with E-state index in [1.807, 2.05) is 97.1 Å². The molecule has 3 rings (SSSR count). The molecule has 0 saturated carbocycles. The van der Waals surface area contributed by atoms with Crippen LogP contribution in [-0.4, -0.2) is 24.6 Å². The normalized spacial score (nSPS) is 13.9. The zero-order valence-electron chi connectivity index (χ0n) is 18.7. The van der Waals surface area contributed by atoms with Gasteiger partial charge in [-0.2, -0.15) is 0 Å². The van der Waals surface area contributed by atoms with Crippen molar-refractivity contribution in [1.82, 2.24) is 0 Å². The van der Waals surface area contributed by atoms with Gasteiger partial charge in [-0.25, -0.2) is 0 Å². The molecule has 0 heterocycles. The molecule has 33 heavy (non-hydrogen) atoms. The van der Waals surface area contributed by atoms with Crippen LogP contribution < -0.4 is 0 Å². The van der Waals surface area contributed by atoms with Gasteiger partial charge in [-0.15, -0.1) is 0 Å². The van der Waals surface area contributed by atoms with Gasteiger partial charge in [0.2, 0.25) is 0 Å². The lowest BCUT2D eigenvalue weighted by Crippen LogP contribution is -2.42. The highest BCUT2D eigenvalue weighted by Gasteiger charge is 2.31. The van der Waals surface area contributed by atoms with Crippen molar-refractivity contribution in [2.45, 2.75) is 38.1 Å². The molecule has 4 nitrogen and oxygen atoms in total. The molecule has 0 aromatic heterocycles. The van der Waals surface area contributed by atoms with Gasteiger partial charge < -0.3 is 19.0 Å². The largest absolute Gasteiger partial charge is 0.367 e. The van der Waals surface area contributed by atoms with Gasteiger partial charge in [0.25, 0.3) is 0 Å². The second-order valence-electron chi connectivity index (χ2n) is 7.54. The van der Waals surface area contributed by atoms with Crippen molar-refractivity contribution in [2.75, 3.05) is 0 Å². The third-order valence-corrected chi connectivity index (χ3v) is 5.07. The topological polar surface area (TPSA) is 44.8 Å². The first-order chi connectivity index (χ1) is 16.3. The van der Waals surface area contributed by atoms with E-state index < -0.39 is 18.3 Å². The van der Waals surface area contributed by atoms with Crippen molar-refractivity contribution in [3.8, 4) is 0 Å². The van der Waals surface area contributed by atoms with Gasteiger partial charge in [0, 0.05) is 0 Å². The highest BCUT2D eigenvalue weighted by atomic mass is 16.6. The number of allylic oxidation sites excluding steroid dienone is 2. The second-order valence-corrected chi connectivity index (χ2v) is 7.54. The number of hydrogen-bond donors (Lipinski definition) is 0. The molecule has 3 atom stereocenters. The van der Waals surface area contributed by atoms with Gasteiger partial charge in [-0.1, -0.05) is 116 Å². The maximum absolute atomic E-state index is 12.1. The molecule has 0 spiro atoms. The third kappa shape index (κ3) is 8.28. The fourth-order valence-electron chi connectivity index (χ4n) is 3.34. The van der Waals surface area contributed by atoms with Crippen molar-refractivity contribution in [2.24, 2.45) is 0 Å². The van der Waals surface area contributed by atoms with Crippen LogP contribution in [0.5, 0.6) is 0 Å². The molecule has 0 aliphatic rings. The van der Waals surface area contributed by atoms with Gasteiger partial charge in [0.05, 0.1) is 19.8 Å². The Bertz CT molecular complexity index is 970. The van der Waals surface area contributed by atoms with Gasteiger partial charge in [0.1, 0.15) is 18.3 Å². The Balaban J connectivity index is 1.79. The molecule has 0 N–H and O–H groups in total. The van der Waals surface area contributed by atoms with Gasteiger partial charge in [0.15, 0.2) is 6.29 Å². The Labute approximate surface area is 196 Å². The van der Waals surface area contributed by atoms with Crippen LogP contribution in [0.1, 0.15) is 16.7 Å². The van der Waals surface area contributed by atoms with Crippen molar-refractivity contribution >= 4 is 6.29 Å². The first-order valence-corrected chi connectivity index (χ1v) is 11.0. The number of aldehydes is 1. The Morgan fingerprint density at radius 3 is 1.48 bits per heavy atom. The minimum atomic E-state index is -0.816. The van der Waals surface area contributed by atoms with Gasteiger partial charge in [-0.3, -0.25) is 0 Å². The third-order valence-electron chi connectivity index (χ3n) is 5.07. The van der Waals surface area contributed by atoms with E-state index in [0.717, 1.165) is 23.0 Å². The van der Waals surface area contributed by atoms with E-state index in [9.17, 15) is 4.79 Å². The summed E-state index contributed by atoms with van der Waals surface area (Å²) in [7, 11) is 0. The maximum Gasteiger partial charge on any atom is 0.151 e. The molecular weight excluding hydrogens is 412 g/mol. The summed E-state index contributed by atoms with van der Waals surface area (Å²) in [6.45, 7) is 4.77. The summed E-state index contributed by atoms with van der Waals surface area (Å²) in [6.07, 6.45) is 4.14. The summed E-state index contributed by atoms with van der Waals surface area (Å²) >= 11 is 0. The fraction of sp³-hybridized carbons (Fsp3) is 0.207. The van der Waals surface area contributed by atoms with Crippen LogP contribution in [0.4, 0.5) is 0 Å². The molecule has 0 saturated heterocycles. The van der Waals surface area contributed by atoms with Gasteiger partial charge >= 0.3 is 0 Å². The fourth-order valence-corrected chi connectivity index (χ4v) is 3.34. The van der Waals surface area contributed by atoms with Crippen molar-refractivity contribution in [1.29, 1.82) is 0 Å². The van der Waals surface area contributed by atoms with Crippen molar-refractivity contribution in [3.63, 3.8) is 0 Å². The van der Waals surface area contributed by atoms with E-state index in [4.69, 9.17) is 14.2 Å². The standard InChI is InChI=1S/C29H30O4/c1-2-3-19-27(31-21-24-13-7-4-8-14-24)29(33-23-26-17-11-6-12-18-26)28(20-30)32-22-25-15-9-5-10-16-25/h2-20,27-29H,1,21-23H2/b19-3+/t27-,28-,29-/m0/s1. The lowest BCUT2D eigenvalue weighted by molar-refractivity contribution is -0.151. The Morgan fingerprint density at radius 1 is 0.636 bits per heavy atom. The van der Waals surface area contributed by atoms with E-state index in [1.54, 1.807) is 12.2 Å². The first kappa shape index (κ1) is 24.3. The minimum Gasteiger partial charge on any atom is -0.367 e. The number of carbonyl (C=O) groups excluding carboxylic acids is 1. The second kappa shape index (κ2) is 14.0. The monoisotopic (exact) mass is 442 g/mol. The highest BCUT2D eigenvalue weighted by molar-refractivity contribution is 5.57. The zero-order valence-corrected chi connectivity index (χ0v) is 18.7. The van der Waals surface area contributed by atoms with E-state index in [-0.39, 0.29) is 0 Å². The molecule has 3 aromatic carbocycles. The molecule has 0 unspecified atom stereocenters. The predicted molar refractivity (Wildman–Crippen MR) is 130 cm³/mol. The maximum atomic E-state index is 12.1. The van der Waals surface area contributed by atoms with Crippen LogP contribution in [-0.2, 0) is 38.8 Å². The van der Waals surface area contributed by atoms with E-state index in [0.29, 0.717) is 19.8 Å². The summed E-state index contributed by atoms with van der Waals surface area (Å²) in [5.41, 5.74) is 3.02. The molecule has 0 fully saturated rings. The molecule has 0 bridgehead atoms. The molecule has 170 valence electrons. The lowest BCUT2D eigenvalue weighted by Gasteiger charge is -2.29. The summed E-state index contributed by atoms with van der Waals surface area (Å²) in [5.74, 6) is 0. The average molecular weight is 443 g/mol. The lowest BCUT2D eigenvalue weighted by atomic mass is 10.1.